The van der Waals surface area contributed by atoms with Gasteiger partial charge in [0.2, 0.25) is 0 Å². The third kappa shape index (κ3) is 2.22. The van der Waals surface area contributed by atoms with Gasteiger partial charge in [0.15, 0.2) is 0 Å². The van der Waals surface area contributed by atoms with Crippen molar-refractivity contribution < 1.29 is 9.47 Å². The van der Waals surface area contributed by atoms with Crippen LogP contribution in [0.5, 0.6) is 5.75 Å². The van der Waals surface area contributed by atoms with E-state index in [1.807, 2.05) is 19.2 Å². The number of nitrogens with one attached hydrogen (secondary N) is 1. The molecule has 1 aromatic rings. The monoisotopic (exact) mass is 222 g/mol. The summed E-state index contributed by atoms with van der Waals surface area (Å²) in [4.78, 5) is 2.29. The molecule has 0 unspecified atom stereocenters. The highest BCUT2D eigenvalue weighted by molar-refractivity contribution is 5.66. The third-order valence-electron chi connectivity index (χ3n) is 2.82. The molecular weight excluding hydrogens is 204 g/mol. The molecule has 4 nitrogen and oxygen atoms in total. The van der Waals surface area contributed by atoms with Gasteiger partial charge in [-0.15, -0.1) is 0 Å². The van der Waals surface area contributed by atoms with E-state index < -0.39 is 0 Å². The predicted molar refractivity (Wildman–Crippen MR) is 65.6 cm³/mol. The van der Waals surface area contributed by atoms with Gasteiger partial charge in [-0.05, 0) is 18.2 Å². The number of rotatable bonds is 3. The Bertz CT molecular complexity index is 349. The molecular formula is C12H18N2O2. The van der Waals surface area contributed by atoms with Crippen LogP contribution in [0.15, 0.2) is 18.2 Å². The molecule has 2 rings (SSSR count). The molecule has 88 valence electrons. The van der Waals surface area contributed by atoms with Crippen LogP contribution in [0.1, 0.15) is 0 Å². The van der Waals surface area contributed by atoms with Gasteiger partial charge >= 0.3 is 0 Å². The molecule has 0 amide bonds. The number of anilines is 2. The third-order valence-corrected chi connectivity index (χ3v) is 2.82. The van der Waals surface area contributed by atoms with Crippen LogP contribution in [0.25, 0.3) is 0 Å². The lowest BCUT2D eigenvalue weighted by atomic mass is 10.2. The number of methoxy groups -OCH3 is 1. The van der Waals surface area contributed by atoms with Crippen LogP contribution in [-0.4, -0.2) is 40.5 Å². The van der Waals surface area contributed by atoms with Gasteiger partial charge in [-0.3, -0.25) is 0 Å². The first-order chi connectivity index (χ1) is 7.85. The Balaban J connectivity index is 2.27. The second kappa shape index (κ2) is 5.07. The fraction of sp³-hybridized carbons (Fsp3) is 0.500. The average molecular weight is 222 g/mol. The van der Waals surface area contributed by atoms with Crippen LogP contribution in [0, 0.1) is 0 Å². The van der Waals surface area contributed by atoms with E-state index in [1.54, 1.807) is 7.11 Å². The zero-order valence-electron chi connectivity index (χ0n) is 9.82. The molecule has 0 atom stereocenters. The van der Waals surface area contributed by atoms with Gasteiger partial charge in [0.1, 0.15) is 5.75 Å². The van der Waals surface area contributed by atoms with Crippen molar-refractivity contribution >= 4 is 11.4 Å². The summed E-state index contributed by atoms with van der Waals surface area (Å²) in [5.41, 5.74) is 2.24. The van der Waals surface area contributed by atoms with Crippen molar-refractivity contribution in [3.05, 3.63) is 18.2 Å². The average Bonchev–Trinajstić information content (AvgIpc) is 2.39. The summed E-state index contributed by atoms with van der Waals surface area (Å²) in [5, 5.41) is 3.14. The minimum Gasteiger partial charge on any atom is -0.495 e. The van der Waals surface area contributed by atoms with Crippen LogP contribution in [0.4, 0.5) is 11.4 Å². The Labute approximate surface area is 96.2 Å². The molecule has 1 N–H and O–H groups in total. The molecule has 0 aliphatic carbocycles. The highest BCUT2D eigenvalue weighted by Gasteiger charge is 2.15. The standard InChI is InChI=1S/C12H18N2O2/c1-13-10-3-4-12(15-2)11(9-10)14-5-7-16-8-6-14/h3-4,9,13H,5-8H2,1-2H3. The van der Waals surface area contributed by atoms with Gasteiger partial charge in [-0.2, -0.15) is 0 Å². The lowest BCUT2D eigenvalue weighted by Crippen LogP contribution is -2.36. The van der Waals surface area contributed by atoms with E-state index >= 15 is 0 Å². The summed E-state index contributed by atoms with van der Waals surface area (Å²) in [6, 6.07) is 6.13. The first kappa shape index (κ1) is 11.1. The first-order valence-electron chi connectivity index (χ1n) is 5.53. The largest absolute Gasteiger partial charge is 0.495 e. The summed E-state index contributed by atoms with van der Waals surface area (Å²) < 4.78 is 10.7. The molecule has 16 heavy (non-hydrogen) atoms. The number of nitrogens with zero attached hydrogens (tertiary/aromatic N) is 1. The van der Waals surface area contributed by atoms with Crippen molar-refractivity contribution in [2.75, 3.05) is 50.7 Å². The fourth-order valence-electron chi connectivity index (χ4n) is 1.90. The number of hydrogen-bond acceptors (Lipinski definition) is 4. The van der Waals surface area contributed by atoms with Crippen molar-refractivity contribution in [1.29, 1.82) is 0 Å². The van der Waals surface area contributed by atoms with Crippen molar-refractivity contribution in [3.8, 4) is 5.75 Å². The molecule has 1 aliphatic rings. The normalized spacial score (nSPS) is 16.0. The Morgan fingerprint density at radius 3 is 2.69 bits per heavy atom. The van der Waals surface area contributed by atoms with Crippen LogP contribution >= 0.6 is 0 Å². The van der Waals surface area contributed by atoms with Crippen molar-refractivity contribution in [1.82, 2.24) is 0 Å². The van der Waals surface area contributed by atoms with E-state index in [0.29, 0.717) is 0 Å². The molecule has 1 saturated heterocycles. The fourth-order valence-corrected chi connectivity index (χ4v) is 1.90. The highest BCUT2D eigenvalue weighted by Crippen LogP contribution is 2.31. The van der Waals surface area contributed by atoms with E-state index in [4.69, 9.17) is 9.47 Å². The lowest BCUT2D eigenvalue weighted by Gasteiger charge is -2.30. The molecule has 0 bridgehead atoms. The van der Waals surface area contributed by atoms with Gasteiger partial charge in [0.25, 0.3) is 0 Å². The van der Waals surface area contributed by atoms with Crippen molar-refractivity contribution in [2.45, 2.75) is 0 Å². The van der Waals surface area contributed by atoms with Gasteiger partial charge in [0, 0.05) is 25.8 Å². The van der Waals surface area contributed by atoms with E-state index in [9.17, 15) is 0 Å². The number of hydrogen-bond donors (Lipinski definition) is 1. The maximum absolute atomic E-state index is 5.39. The molecule has 0 aromatic heterocycles. The van der Waals surface area contributed by atoms with Gasteiger partial charge < -0.3 is 19.7 Å². The van der Waals surface area contributed by atoms with Gasteiger partial charge in [-0.1, -0.05) is 0 Å². The molecule has 4 heteroatoms. The van der Waals surface area contributed by atoms with Crippen LogP contribution in [0.2, 0.25) is 0 Å². The molecule has 1 aromatic carbocycles. The Hall–Kier alpha value is -1.42. The predicted octanol–water partition coefficient (Wildman–Crippen LogP) is 1.57. The number of morpholine rings is 1. The number of benzene rings is 1. The molecule has 1 heterocycles. The topological polar surface area (TPSA) is 33.7 Å². The van der Waals surface area contributed by atoms with Crippen LogP contribution in [-0.2, 0) is 4.74 Å². The maximum Gasteiger partial charge on any atom is 0.142 e. The quantitative estimate of drug-likeness (QED) is 0.841. The Kier molecular flexibility index (Phi) is 3.51. The van der Waals surface area contributed by atoms with Crippen molar-refractivity contribution in [3.63, 3.8) is 0 Å². The maximum atomic E-state index is 5.39. The molecule has 1 fully saturated rings. The second-order valence-electron chi connectivity index (χ2n) is 3.74. The highest BCUT2D eigenvalue weighted by atomic mass is 16.5. The molecule has 0 spiro atoms. The minimum atomic E-state index is 0.785. The molecule has 1 aliphatic heterocycles. The number of ether oxygens (including phenoxy) is 2. The van der Waals surface area contributed by atoms with E-state index in [0.717, 1.165) is 43.4 Å². The Morgan fingerprint density at radius 1 is 1.31 bits per heavy atom. The zero-order valence-corrected chi connectivity index (χ0v) is 9.82. The van der Waals surface area contributed by atoms with E-state index in [1.165, 1.54) is 0 Å². The SMILES string of the molecule is CNc1ccc(OC)c(N2CCOCC2)c1. The van der Waals surface area contributed by atoms with Gasteiger partial charge in [0.05, 0.1) is 26.0 Å². The molecule has 0 saturated carbocycles. The summed E-state index contributed by atoms with van der Waals surface area (Å²) >= 11 is 0. The summed E-state index contributed by atoms with van der Waals surface area (Å²) in [5.74, 6) is 0.918. The van der Waals surface area contributed by atoms with Gasteiger partial charge in [-0.25, -0.2) is 0 Å². The zero-order chi connectivity index (χ0) is 11.4. The minimum absolute atomic E-state index is 0.785. The smallest absolute Gasteiger partial charge is 0.142 e. The second-order valence-corrected chi connectivity index (χ2v) is 3.74. The van der Waals surface area contributed by atoms with Crippen LogP contribution < -0.4 is 15.0 Å². The summed E-state index contributed by atoms with van der Waals surface area (Å²) in [7, 11) is 3.63. The Morgan fingerprint density at radius 2 is 2.06 bits per heavy atom. The van der Waals surface area contributed by atoms with Crippen LogP contribution in [0.3, 0.4) is 0 Å². The summed E-state index contributed by atoms with van der Waals surface area (Å²) in [6.07, 6.45) is 0. The van der Waals surface area contributed by atoms with E-state index in [2.05, 4.69) is 16.3 Å². The van der Waals surface area contributed by atoms with E-state index in [-0.39, 0.29) is 0 Å². The lowest BCUT2D eigenvalue weighted by molar-refractivity contribution is 0.122. The first-order valence-corrected chi connectivity index (χ1v) is 5.53. The summed E-state index contributed by atoms with van der Waals surface area (Å²) in [6.45, 7) is 3.41. The molecule has 0 radical (unpaired) electrons. The van der Waals surface area contributed by atoms with Crippen molar-refractivity contribution in [2.24, 2.45) is 0 Å².